The molecule has 0 saturated carbocycles. The summed E-state index contributed by atoms with van der Waals surface area (Å²) in [5.74, 6) is -1.54. The standard InChI is InChI=1S/C9H5N3O3/c10-3-8-1-2-15-5-9(8,4-11)7(14)12-6(8)13/h1-2H,5H2,(H,12,13,14). The summed E-state index contributed by atoms with van der Waals surface area (Å²) in [5, 5.41) is 20.0. The van der Waals surface area contributed by atoms with Crippen LogP contribution in [0.25, 0.3) is 0 Å². The van der Waals surface area contributed by atoms with E-state index in [1.165, 1.54) is 0 Å². The van der Waals surface area contributed by atoms with Gasteiger partial charge in [-0.1, -0.05) is 0 Å². The zero-order valence-electron chi connectivity index (χ0n) is 7.48. The van der Waals surface area contributed by atoms with Gasteiger partial charge in [-0.05, 0) is 6.08 Å². The third-order valence-electron chi connectivity index (χ3n) is 2.73. The van der Waals surface area contributed by atoms with Gasteiger partial charge in [0.25, 0.3) is 11.8 Å². The van der Waals surface area contributed by atoms with Crippen LogP contribution < -0.4 is 5.32 Å². The summed E-state index contributed by atoms with van der Waals surface area (Å²) in [6.07, 6.45) is 2.32. The van der Waals surface area contributed by atoms with Crippen LogP contribution in [0.1, 0.15) is 0 Å². The molecular formula is C9H5N3O3. The van der Waals surface area contributed by atoms with Gasteiger partial charge in [-0.3, -0.25) is 14.9 Å². The van der Waals surface area contributed by atoms with Crippen molar-refractivity contribution in [2.45, 2.75) is 0 Å². The number of hydrogen-bond acceptors (Lipinski definition) is 5. The maximum Gasteiger partial charge on any atom is 0.253 e. The number of imide groups is 1. The van der Waals surface area contributed by atoms with E-state index in [-0.39, 0.29) is 6.61 Å². The van der Waals surface area contributed by atoms with Crippen molar-refractivity contribution >= 4 is 11.8 Å². The van der Waals surface area contributed by atoms with Crippen molar-refractivity contribution in [1.82, 2.24) is 5.32 Å². The minimum Gasteiger partial charge on any atom is -0.499 e. The summed E-state index contributed by atoms with van der Waals surface area (Å²) < 4.78 is 4.86. The summed E-state index contributed by atoms with van der Waals surface area (Å²) >= 11 is 0. The van der Waals surface area contributed by atoms with Crippen LogP contribution in [0.3, 0.4) is 0 Å². The summed E-state index contributed by atoms with van der Waals surface area (Å²) in [6.45, 7) is -0.287. The second-order valence-electron chi connectivity index (χ2n) is 3.33. The number of amides is 2. The van der Waals surface area contributed by atoms with Crippen LogP contribution in [0.15, 0.2) is 12.3 Å². The van der Waals surface area contributed by atoms with E-state index >= 15 is 0 Å². The fourth-order valence-corrected chi connectivity index (χ4v) is 1.76. The molecule has 1 saturated heterocycles. The molecule has 2 unspecified atom stereocenters. The van der Waals surface area contributed by atoms with E-state index < -0.39 is 22.6 Å². The molecule has 6 nitrogen and oxygen atoms in total. The first kappa shape index (κ1) is 9.22. The van der Waals surface area contributed by atoms with Crippen LogP contribution in [0.4, 0.5) is 0 Å². The van der Waals surface area contributed by atoms with E-state index in [1.54, 1.807) is 12.1 Å². The van der Waals surface area contributed by atoms with E-state index in [0.29, 0.717) is 0 Å². The Morgan fingerprint density at radius 2 is 2.07 bits per heavy atom. The first-order valence-corrected chi connectivity index (χ1v) is 4.11. The van der Waals surface area contributed by atoms with Gasteiger partial charge in [-0.25, -0.2) is 0 Å². The normalized spacial score (nSPS) is 37.2. The van der Waals surface area contributed by atoms with Crippen molar-refractivity contribution in [1.29, 1.82) is 10.5 Å². The fraction of sp³-hybridized carbons (Fsp3) is 0.333. The molecular weight excluding hydrogens is 198 g/mol. The molecule has 6 heteroatoms. The second-order valence-corrected chi connectivity index (χ2v) is 3.33. The summed E-state index contributed by atoms with van der Waals surface area (Å²) in [4.78, 5) is 23.0. The van der Waals surface area contributed by atoms with Crippen molar-refractivity contribution in [2.24, 2.45) is 10.8 Å². The van der Waals surface area contributed by atoms with E-state index in [9.17, 15) is 9.59 Å². The lowest BCUT2D eigenvalue weighted by molar-refractivity contribution is -0.129. The highest BCUT2D eigenvalue weighted by atomic mass is 16.5. The molecule has 2 aliphatic heterocycles. The van der Waals surface area contributed by atoms with Gasteiger partial charge >= 0.3 is 0 Å². The maximum absolute atomic E-state index is 11.5. The number of ether oxygens (including phenoxy) is 1. The zero-order chi connectivity index (χ0) is 11.1. The lowest BCUT2D eigenvalue weighted by Crippen LogP contribution is -2.46. The summed E-state index contributed by atoms with van der Waals surface area (Å²) in [6, 6.07) is 3.45. The first-order chi connectivity index (χ1) is 7.13. The van der Waals surface area contributed by atoms with E-state index in [1.807, 2.05) is 5.32 Å². The molecule has 74 valence electrons. The molecule has 0 aromatic rings. The monoisotopic (exact) mass is 203 g/mol. The van der Waals surface area contributed by atoms with Crippen molar-refractivity contribution in [3.63, 3.8) is 0 Å². The summed E-state index contributed by atoms with van der Waals surface area (Å²) in [7, 11) is 0. The molecule has 2 amide bonds. The predicted molar refractivity (Wildman–Crippen MR) is 44.3 cm³/mol. The van der Waals surface area contributed by atoms with Gasteiger partial charge in [0.05, 0.1) is 18.4 Å². The first-order valence-electron chi connectivity index (χ1n) is 4.11. The zero-order valence-corrected chi connectivity index (χ0v) is 7.48. The average molecular weight is 203 g/mol. The smallest absolute Gasteiger partial charge is 0.253 e. The fourth-order valence-electron chi connectivity index (χ4n) is 1.76. The average Bonchev–Trinajstić information content (AvgIpc) is 2.49. The molecule has 0 aromatic carbocycles. The van der Waals surface area contributed by atoms with Crippen LogP contribution in [0.5, 0.6) is 0 Å². The van der Waals surface area contributed by atoms with Crippen molar-refractivity contribution in [3.05, 3.63) is 12.3 Å². The molecule has 1 N–H and O–H groups in total. The molecule has 0 bridgehead atoms. The van der Waals surface area contributed by atoms with Crippen molar-refractivity contribution < 1.29 is 14.3 Å². The molecule has 15 heavy (non-hydrogen) atoms. The largest absolute Gasteiger partial charge is 0.499 e. The Morgan fingerprint density at radius 1 is 1.33 bits per heavy atom. The summed E-state index contributed by atoms with van der Waals surface area (Å²) in [5.41, 5.74) is -3.51. The molecule has 2 rings (SSSR count). The van der Waals surface area contributed by atoms with Crippen LogP contribution in [0.2, 0.25) is 0 Å². The number of hydrogen-bond donors (Lipinski definition) is 1. The minimum atomic E-state index is -1.76. The molecule has 1 fully saturated rings. The number of rotatable bonds is 0. The van der Waals surface area contributed by atoms with Gasteiger partial charge in [0.15, 0.2) is 5.41 Å². The molecule has 0 spiro atoms. The topological polar surface area (TPSA) is 103 Å². The van der Waals surface area contributed by atoms with Crippen molar-refractivity contribution in [2.75, 3.05) is 6.61 Å². The van der Waals surface area contributed by atoms with Gasteiger partial charge < -0.3 is 4.74 Å². The quantitative estimate of drug-likeness (QED) is 0.519. The lowest BCUT2D eigenvalue weighted by atomic mass is 9.66. The van der Waals surface area contributed by atoms with E-state index in [2.05, 4.69) is 0 Å². The van der Waals surface area contributed by atoms with Gasteiger partial charge in [0, 0.05) is 0 Å². The van der Waals surface area contributed by atoms with E-state index in [4.69, 9.17) is 15.3 Å². The predicted octanol–water partition coefficient (Wildman–Crippen LogP) is -0.793. The Bertz CT molecular complexity index is 470. The minimum absolute atomic E-state index is 0.287. The maximum atomic E-state index is 11.5. The third-order valence-corrected chi connectivity index (χ3v) is 2.73. The molecule has 2 heterocycles. The van der Waals surface area contributed by atoms with Gasteiger partial charge in [-0.2, -0.15) is 10.5 Å². The SMILES string of the molecule is N#CC12C=COCC1(C#N)C(=O)NC2=O. The number of nitrogens with one attached hydrogen (secondary N) is 1. The third kappa shape index (κ3) is 0.767. The van der Waals surface area contributed by atoms with Crippen LogP contribution >= 0.6 is 0 Å². The Balaban J connectivity index is 2.73. The van der Waals surface area contributed by atoms with Gasteiger partial charge in [-0.15, -0.1) is 0 Å². The Morgan fingerprint density at radius 3 is 2.60 bits per heavy atom. The number of fused-ring (bicyclic) bond motifs is 1. The molecule has 0 aliphatic carbocycles. The molecule has 2 atom stereocenters. The van der Waals surface area contributed by atoms with Crippen molar-refractivity contribution in [3.8, 4) is 12.1 Å². The second kappa shape index (κ2) is 2.58. The van der Waals surface area contributed by atoms with Gasteiger partial charge in [0.1, 0.15) is 6.61 Å². The number of carbonyl (C=O) groups is 2. The highest BCUT2D eigenvalue weighted by Crippen LogP contribution is 2.47. The van der Waals surface area contributed by atoms with Gasteiger partial charge in [0.2, 0.25) is 5.41 Å². The molecule has 0 aromatic heterocycles. The van der Waals surface area contributed by atoms with E-state index in [0.717, 1.165) is 12.3 Å². The lowest BCUT2D eigenvalue weighted by Gasteiger charge is -2.30. The number of nitriles is 2. The molecule has 0 radical (unpaired) electrons. The van der Waals surface area contributed by atoms with Crippen LogP contribution in [-0.4, -0.2) is 18.4 Å². The van der Waals surface area contributed by atoms with Crippen LogP contribution in [0, 0.1) is 33.5 Å². The van der Waals surface area contributed by atoms with Crippen LogP contribution in [-0.2, 0) is 14.3 Å². The Kier molecular flexibility index (Phi) is 1.59. The Labute approximate surface area is 84.7 Å². The Hall–Kier alpha value is -2.34. The highest BCUT2D eigenvalue weighted by molar-refractivity contribution is 6.14. The highest BCUT2D eigenvalue weighted by Gasteiger charge is 2.68. The number of carbonyl (C=O) groups excluding carboxylic acids is 2. The number of nitrogens with zero attached hydrogens (tertiary/aromatic N) is 2. The molecule has 2 aliphatic rings.